The molecule has 0 aliphatic carbocycles. The number of halogens is 1. The number of hydrogen-bond acceptors (Lipinski definition) is 4. The molecular weight excluding hydrogens is 392 g/mol. The molecule has 0 aliphatic heterocycles. The van der Waals surface area contributed by atoms with Gasteiger partial charge in [0.15, 0.2) is 0 Å². The molecule has 1 amide bonds. The molecule has 26 heavy (non-hydrogen) atoms. The Hall–Kier alpha value is -2.35. The average molecular weight is 407 g/mol. The summed E-state index contributed by atoms with van der Waals surface area (Å²) in [7, 11) is -3.44. The Balaban J connectivity index is 1.79. The molecule has 0 unspecified atom stereocenters. The van der Waals surface area contributed by atoms with E-state index in [0.29, 0.717) is 15.6 Å². The number of rotatable bonds is 5. The smallest absolute Gasteiger partial charge is 0.265 e. The van der Waals surface area contributed by atoms with E-state index in [1.54, 1.807) is 6.07 Å². The minimum Gasteiger partial charge on any atom is -0.321 e. The molecule has 1 aromatic heterocycles. The first-order valence-corrected chi connectivity index (χ1v) is 10.7. The summed E-state index contributed by atoms with van der Waals surface area (Å²) in [4.78, 5) is 13.0. The van der Waals surface area contributed by atoms with E-state index >= 15 is 0 Å². The van der Waals surface area contributed by atoms with Gasteiger partial charge in [0, 0.05) is 10.7 Å². The Morgan fingerprint density at radius 2 is 1.69 bits per heavy atom. The molecule has 5 nitrogen and oxygen atoms in total. The van der Waals surface area contributed by atoms with E-state index in [9.17, 15) is 13.2 Å². The topological polar surface area (TPSA) is 75.3 Å². The summed E-state index contributed by atoms with van der Waals surface area (Å²) in [5.41, 5.74) is 2.69. The molecule has 8 heteroatoms. The number of amides is 1. The van der Waals surface area contributed by atoms with Crippen LogP contribution in [-0.4, -0.2) is 20.6 Å². The quantitative estimate of drug-likeness (QED) is 0.645. The van der Waals surface area contributed by atoms with Crippen LogP contribution in [0.2, 0.25) is 5.02 Å². The molecule has 0 bridgehead atoms. The van der Waals surface area contributed by atoms with Crippen molar-refractivity contribution in [2.24, 2.45) is 0 Å². The lowest BCUT2D eigenvalue weighted by Gasteiger charge is -2.09. The summed E-state index contributed by atoms with van der Waals surface area (Å²) in [6, 6.07) is 16.1. The van der Waals surface area contributed by atoms with Gasteiger partial charge in [-0.05, 0) is 40.8 Å². The second-order valence-electron chi connectivity index (χ2n) is 5.62. The molecule has 0 atom stereocenters. The molecule has 0 spiro atoms. The Bertz CT molecular complexity index is 1050. The van der Waals surface area contributed by atoms with Gasteiger partial charge in [-0.3, -0.25) is 9.52 Å². The van der Waals surface area contributed by atoms with Gasteiger partial charge < -0.3 is 5.32 Å². The van der Waals surface area contributed by atoms with E-state index in [0.717, 1.165) is 17.4 Å². The van der Waals surface area contributed by atoms with Crippen molar-refractivity contribution in [2.45, 2.75) is 0 Å². The number of sulfonamides is 1. The van der Waals surface area contributed by atoms with Crippen molar-refractivity contribution in [3.8, 4) is 11.1 Å². The van der Waals surface area contributed by atoms with Crippen LogP contribution in [0, 0.1) is 0 Å². The van der Waals surface area contributed by atoms with Crippen LogP contribution in [0.4, 0.5) is 11.4 Å². The van der Waals surface area contributed by atoms with E-state index in [2.05, 4.69) is 10.0 Å². The molecule has 3 rings (SSSR count). The summed E-state index contributed by atoms with van der Waals surface area (Å²) >= 11 is 7.34. The van der Waals surface area contributed by atoms with Crippen LogP contribution >= 0.6 is 22.9 Å². The number of carbonyl (C=O) groups excluding carboxylic acids is 1. The van der Waals surface area contributed by atoms with Crippen LogP contribution in [-0.2, 0) is 10.0 Å². The molecule has 0 aliphatic rings. The molecule has 0 radical (unpaired) electrons. The number of thiophene rings is 1. The lowest BCUT2D eigenvalue weighted by Crippen LogP contribution is -2.12. The summed E-state index contributed by atoms with van der Waals surface area (Å²) in [6.45, 7) is 0. The second kappa shape index (κ2) is 7.49. The summed E-state index contributed by atoms with van der Waals surface area (Å²) in [5.74, 6) is -0.287. The standard InChI is InChI=1S/C18H15ClN2O3S2/c1-26(23,24)21-16-9-14(19)8-15(10-16)20-18(22)17-7-13(11-25-17)12-5-3-2-4-6-12/h2-11,21H,1H3,(H,20,22). The van der Waals surface area contributed by atoms with Gasteiger partial charge in [0.2, 0.25) is 10.0 Å². The predicted molar refractivity (Wildman–Crippen MR) is 108 cm³/mol. The van der Waals surface area contributed by atoms with Crippen LogP contribution in [0.1, 0.15) is 9.67 Å². The van der Waals surface area contributed by atoms with Crippen molar-refractivity contribution in [1.82, 2.24) is 0 Å². The van der Waals surface area contributed by atoms with Crippen molar-refractivity contribution in [3.05, 3.63) is 69.9 Å². The normalized spacial score (nSPS) is 11.2. The van der Waals surface area contributed by atoms with Gasteiger partial charge >= 0.3 is 0 Å². The highest BCUT2D eigenvalue weighted by molar-refractivity contribution is 7.92. The van der Waals surface area contributed by atoms with Crippen LogP contribution < -0.4 is 10.0 Å². The highest BCUT2D eigenvalue weighted by atomic mass is 35.5. The van der Waals surface area contributed by atoms with Crippen molar-refractivity contribution in [2.75, 3.05) is 16.3 Å². The molecule has 1 heterocycles. The van der Waals surface area contributed by atoms with E-state index in [-0.39, 0.29) is 11.6 Å². The van der Waals surface area contributed by atoms with Gasteiger partial charge in [0.05, 0.1) is 16.8 Å². The van der Waals surface area contributed by atoms with Gasteiger partial charge in [-0.1, -0.05) is 41.9 Å². The number of anilines is 2. The van der Waals surface area contributed by atoms with E-state index in [1.807, 2.05) is 41.8 Å². The Morgan fingerprint density at radius 3 is 2.38 bits per heavy atom. The first-order chi connectivity index (χ1) is 12.3. The van der Waals surface area contributed by atoms with E-state index < -0.39 is 10.0 Å². The Kier molecular flexibility index (Phi) is 5.31. The van der Waals surface area contributed by atoms with Crippen LogP contribution in [0.25, 0.3) is 11.1 Å². The first kappa shape index (κ1) is 18.4. The maximum Gasteiger partial charge on any atom is 0.265 e. The summed E-state index contributed by atoms with van der Waals surface area (Å²) in [6.07, 6.45) is 1.04. The number of carbonyl (C=O) groups is 1. The van der Waals surface area contributed by atoms with Crippen molar-refractivity contribution in [3.63, 3.8) is 0 Å². The third-order valence-electron chi connectivity index (χ3n) is 3.39. The molecule has 3 aromatic rings. The maximum atomic E-state index is 12.5. The minimum absolute atomic E-state index is 0.284. The van der Waals surface area contributed by atoms with Gasteiger partial charge in [0.1, 0.15) is 0 Å². The number of hydrogen-bond donors (Lipinski definition) is 2. The van der Waals surface area contributed by atoms with Gasteiger partial charge in [-0.15, -0.1) is 11.3 Å². The Morgan fingerprint density at radius 1 is 1.00 bits per heavy atom. The predicted octanol–water partition coefficient (Wildman–Crippen LogP) is 4.69. The van der Waals surface area contributed by atoms with E-state index in [1.165, 1.54) is 23.5 Å². The highest BCUT2D eigenvalue weighted by Crippen LogP contribution is 2.27. The van der Waals surface area contributed by atoms with Crippen molar-refractivity contribution >= 4 is 50.2 Å². The molecule has 2 aromatic carbocycles. The minimum atomic E-state index is -3.44. The fourth-order valence-electron chi connectivity index (χ4n) is 2.36. The molecule has 0 saturated carbocycles. The fraction of sp³-hybridized carbons (Fsp3) is 0.0556. The molecule has 134 valence electrons. The molecule has 2 N–H and O–H groups in total. The van der Waals surface area contributed by atoms with Crippen LogP contribution in [0.3, 0.4) is 0 Å². The maximum absolute atomic E-state index is 12.5. The van der Waals surface area contributed by atoms with Crippen molar-refractivity contribution in [1.29, 1.82) is 0 Å². The molecule has 0 fully saturated rings. The lowest BCUT2D eigenvalue weighted by atomic mass is 10.1. The van der Waals surface area contributed by atoms with Crippen LogP contribution in [0.15, 0.2) is 60.0 Å². The average Bonchev–Trinajstić information content (AvgIpc) is 3.03. The third kappa shape index (κ3) is 4.85. The number of nitrogens with one attached hydrogen (secondary N) is 2. The summed E-state index contributed by atoms with van der Waals surface area (Å²) in [5, 5.41) is 4.97. The van der Waals surface area contributed by atoms with Gasteiger partial charge in [0.25, 0.3) is 5.91 Å². The molecule has 0 saturated heterocycles. The zero-order chi connectivity index (χ0) is 18.7. The van der Waals surface area contributed by atoms with Crippen molar-refractivity contribution < 1.29 is 13.2 Å². The Labute approximate surface area is 160 Å². The SMILES string of the molecule is CS(=O)(=O)Nc1cc(Cl)cc(NC(=O)c2cc(-c3ccccc3)cs2)c1. The lowest BCUT2D eigenvalue weighted by molar-refractivity contribution is 0.103. The summed E-state index contributed by atoms with van der Waals surface area (Å²) < 4.78 is 25.1. The van der Waals surface area contributed by atoms with E-state index in [4.69, 9.17) is 11.6 Å². The highest BCUT2D eigenvalue weighted by Gasteiger charge is 2.12. The largest absolute Gasteiger partial charge is 0.321 e. The van der Waals surface area contributed by atoms with Gasteiger partial charge in [-0.25, -0.2) is 8.42 Å². The zero-order valence-electron chi connectivity index (χ0n) is 13.7. The third-order valence-corrected chi connectivity index (χ3v) is 5.14. The van der Waals surface area contributed by atoms with Gasteiger partial charge in [-0.2, -0.15) is 0 Å². The first-order valence-electron chi connectivity index (χ1n) is 7.54. The van der Waals surface area contributed by atoms with Crippen LogP contribution in [0.5, 0.6) is 0 Å². The number of benzene rings is 2. The molecular formula is C18H15ClN2O3S2. The zero-order valence-corrected chi connectivity index (χ0v) is 16.1. The fourth-order valence-corrected chi connectivity index (χ4v) is 3.96. The second-order valence-corrected chi connectivity index (χ2v) is 8.72. The monoisotopic (exact) mass is 406 g/mol.